The topological polar surface area (TPSA) is 82.3 Å². The first-order valence-corrected chi connectivity index (χ1v) is 7.29. The lowest BCUT2D eigenvalue weighted by Crippen LogP contribution is -2.12. The molecule has 1 heterocycles. The minimum atomic E-state index is -3.77. The predicted octanol–water partition coefficient (Wildman–Crippen LogP) is 2.83. The quantitative estimate of drug-likeness (QED) is 0.943. The van der Waals surface area contributed by atoms with Crippen LogP contribution in [0.3, 0.4) is 0 Å². The third kappa shape index (κ3) is 3.36. The van der Waals surface area contributed by atoms with Crippen molar-refractivity contribution in [2.45, 2.75) is 4.90 Å². The number of sulfonamides is 1. The van der Waals surface area contributed by atoms with Gasteiger partial charge in [0.25, 0.3) is 0 Å². The highest BCUT2D eigenvalue weighted by Gasteiger charge is 2.10. The van der Waals surface area contributed by atoms with E-state index in [0.717, 1.165) is 6.20 Å². The Hall–Kier alpha value is -1.34. The summed E-state index contributed by atoms with van der Waals surface area (Å²) in [6.45, 7) is 0. The van der Waals surface area contributed by atoms with Gasteiger partial charge in [0, 0.05) is 6.07 Å². The van der Waals surface area contributed by atoms with Gasteiger partial charge in [0.05, 0.1) is 11.2 Å². The van der Waals surface area contributed by atoms with Crippen molar-refractivity contribution in [1.29, 1.82) is 0 Å². The van der Waals surface area contributed by atoms with Crippen LogP contribution < -0.4 is 9.88 Å². The van der Waals surface area contributed by atoms with Crippen molar-refractivity contribution in [2.24, 2.45) is 5.14 Å². The fraction of sp³-hybridized carbons (Fsp3) is 0. The molecule has 0 saturated carbocycles. The average Bonchev–Trinajstić information content (AvgIpc) is 2.35. The summed E-state index contributed by atoms with van der Waals surface area (Å²) in [6, 6.07) is 7.56. The number of nitrogens with two attached hydrogens (primary N) is 1. The monoisotopic (exact) mass is 318 g/mol. The molecule has 0 amide bonds. The van der Waals surface area contributed by atoms with Crippen LogP contribution >= 0.6 is 23.2 Å². The summed E-state index contributed by atoms with van der Waals surface area (Å²) in [5.41, 5.74) is 0. The molecule has 0 unspecified atom stereocenters. The zero-order chi connectivity index (χ0) is 14.0. The molecule has 0 saturated heterocycles. The van der Waals surface area contributed by atoms with E-state index in [1.54, 1.807) is 18.2 Å². The van der Waals surface area contributed by atoms with Crippen LogP contribution in [0, 0.1) is 0 Å². The Morgan fingerprint density at radius 3 is 2.47 bits per heavy atom. The number of hydrogen-bond donors (Lipinski definition) is 1. The van der Waals surface area contributed by atoms with E-state index in [9.17, 15) is 8.42 Å². The maximum absolute atomic E-state index is 11.1. The first kappa shape index (κ1) is 14.1. The molecule has 0 aliphatic rings. The summed E-state index contributed by atoms with van der Waals surface area (Å²) in [4.78, 5) is 3.73. The number of rotatable bonds is 3. The third-order valence-electron chi connectivity index (χ3n) is 2.17. The predicted molar refractivity (Wildman–Crippen MR) is 72.1 cm³/mol. The molecule has 100 valence electrons. The zero-order valence-electron chi connectivity index (χ0n) is 9.38. The van der Waals surface area contributed by atoms with Crippen molar-refractivity contribution in [3.05, 3.63) is 46.6 Å². The molecule has 1 aromatic carbocycles. The second-order valence-electron chi connectivity index (χ2n) is 3.53. The lowest BCUT2D eigenvalue weighted by molar-refractivity contribution is 0.462. The first-order chi connectivity index (χ1) is 8.88. The lowest BCUT2D eigenvalue weighted by atomic mass is 10.3. The highest BCUT2D eigenvalue weighted by atomic mass is 35.5. The van der Waals surface area contributed by atoms with Crippen LogP contribution in [0.2, 0.25) is 10.0 Å². The van der Waals surface area contributed by atoms with Gasteiger partial charge >= 0.3 is 0 Å². The molecule has 19 heavy (non-hydrogen) atoms. The number of nitrogens with zero attached hydrogens (tertiary/aromatic N) is 1. The zero-order valence-corrected chi connectivity index (χ0v) is 11.7. The van der Waals surface area contributed by atoms with Crippen LogP contribution in [0.15, 0.2) is 41.4 Å². The molecule has 5 nitrogen and oxygen atoms in total. The van der Waals surface area contributed by atoms with Crippen molar-refractivity contribution in [2.75, 3.05) is 0 Å². The van der Waals surface area contributed by atoms with Gasteiger partial charge in [-0.3, -0.25) is 0 Å². The Balaban J connectivity index is 2.27. The van der Waals surface area contributed by atoms with E-state index < -0.39 is 10.0 Å². The molecular weight excluding hydrogens is 311 g/mol. The third-order valence-corrected chi connectivity index (χ3v) is 3.87. The summed E-state index contributed by atoms with van der Waals surface area (Å²) in [5.74, 6) is 0.501. The summed E-state index contributed by atoms with van der Waals surface area (Å²) < 4.78 is 27.5. The lowest BCUT2D eigenvalue weighted by Gasteiger charge is -2.07. The van der Waals surface area contributed by atoms with E-state index in [2.05, 4.69) is 4.98 Å². The van der Waals surface area contributed by atoms with Crippen LogP contribution in [-0.2, 0) is 10.0 Å². The van der Waals surface area contributed by atoms with E-state index in [4.69, 9.17) is 33.1 Å². The van der Waals surface area contributed by atoms with E-state index in [0.29, 0.717) is 10.8 Å². The molecule has 0 aliphatic heterocycles. The SMILES string of the molecule is NS(=O)(=O)c1ccc(Oc2cccc(Cl)c2Cl)nc1. The Morgan fingerprint density at radius 1 is 1.16 bits per heavy atom. The smallest absolute Gasteiger partial charge is 0.239 e. The van der Waals surface area contributed by atoms with Crippen molar-refractivity contribution in [1.82, 2.24) is 4.98 Å². The minimum absolute atomic E-state index is 0.1000. The summed E-state index contributed by atoms with van der Waals surface area (Å²) >= 11 is 11.8. The van der Waals surface area contributed by atoms with Crippen LogP contribution in [0.5, 0.6) is 11.6 Å². The number of ether oxygens (including phenoxy) is 1. The summed E-state index contributed by atoms with van der Waals surface area (Å²) in [6.07, 6.45) is 1.10. The van der Waals surface area contributed by atoms with Gasteiger partial charge in [-0.15, -0.1) is 0 Å². The molecule has 0 spiro atoms. The van der Waals surface area contributed by atoms with Gasteiger partial charge in [-0.1, -0.05) is 29.3 Å². The highest BCUT2D eigenvalue weighted by molar-refractivity contribution is 7.89. The average molecular weight is 319 g/mol. The standard InChI is InChI=1S/C11H8Cl2N2O3S/c12-8-2-1-3-9(11(8)13)18-10-5-4-7(6-15-10)19(14,16)17/h1-6H,(H2,14,16,17). The number of hydrogen-bond acceptors (Lipinski definition) is 4. The van der Waals surface area contributed by atoms with Gasteiger partial charge in [-0.05, 0) is 18.2 Å². The number of primary sulfonamides is 1. The van der Waals surface area contributed by atoms with Crippen molar-refractivity contribution < 1.29 is 13.2 Å². The number of pyridine rings is 1. The number of halogens is 2. The van der Waals surface area contributed by atoms with Crippen LogP contribution in [0.1, 0.15) is 0 Å². The molecule has 8 heteroatoms. The molecule has 0 aliphatic carbocycles. The second kappa shape index (κ2) is 5.34. The maximum Gasteiger partial charge on any atom is 0.239 e. The summed E-state index contributed by atoms with van der Waals surface area (Å²) in [5, 5.41) is 5.56. The molecule has 1 aromatic heterocycles. The molecular formula is C11H8Cl2N2O3S. The molecule has 0 radical (unpaired) electrons. The van der Waals surface area contributed by atoms with Crippen molar-refractivity contribution in [3.63, 3.8) is 0 Å². The van der Waals surface area contributed by atoms with Crippen LogP contribution in [0.25, 0.3) is 0 Å². The highest BCUT2D eigenvalue weighted by Crippen LogP contribution is 2.33. The van der Waals surface area contributed by atoms with Gasteiger partial charge in [-0.25, -0.2) is 18.5 Å². The van der Waals surface area contributed by atoms with Crippen LogP contribution in [0.4, 0.5) is 0 Å². The Morgan fingerprint density at radius 2 is 1.89 bits per heavy atom. The molecule has 2 N–H and O–H groups in total. The normalized spacial score (nSPS) is 11.3. The van der Waals surface area contributed by atoms with Gasteiger partial charge in [-0.2, -0.15) is 0 Å². The van der Waals surface area contributed by atoms with Crippen molar-refractivity contribution >= 4 is 33.2 Å². The number of aromatic nitrogens is 1. The molecule has 2 rings (SSSR count). The Bertz CT molecular complexity index is 702. The maximum atomic E-state index is 11.1. The summed E-state index contributed by atoms with van der Waals surface area (Å²) in [7, 11) is -3.77. The molecule has 0 fully saturated rings. The molecule has 2 aromatic rings. The fourth-order valence-corrected chi connectivity index (χ4v) is 2.06. The van der Waals surface area contributed by atoms with Gasteiger partial charge in [0.15, 0.2) is 0 Å². The van der Waals surface area contributed by atoms with E-state index >= 15 is 0 Å². The van der Waals surface area contributed by atoms with Crippen molar-refractivity contribution in [3.8, 4) is 11.6 Å². The number of benzene rings is 1. The second-order valence-corrected chi connectivity index (χ2v) is 5.88. The molecule has 0 bridgehead atoms. The van der Waals surface area contributed by atoms with Crippen LogP contribution in [-0.4, -0.2) is 13.4 Å². The first-order valence-electron chi connectivity index (χ1n) is 4.98. The van der Waals surface area contributed by atoms with E-state index in [-0.39, 0.29) is 15.8 Å². The van der Waals surface area contributed by atoms with E-state index in [1.807, 2.05) is 0 Å². The Kier molecular flexibility index (Phi) is 3.96. The van der Waals surface area contributed by atoms with E-state index in [1.165, 1.54) is 12.1 Å². The largest absolute Gasteiger partial charge is 0.437 e. The minimum Gasteiger partial charge on any atom is -0.437 e. The molecule has 0 atom stereocenters. The van der Waals surface area contributed by atoms with Gasteiger partial charge < -0.3 is 4.74 Å². The fourth-order valence-electron chi connectivity index (χ4n) is 1.27. The van der Waals surface area contributed by atoms with Gasteiger partial charge in [0.2, 0.25) is 15.9 Å². The Labute approximate surface area is 120 Å². The van der Waals surface area contributed by atoms with Gasteiger partial charge in [0.1, 0.15) is 15.7 Å².